The molecule has 1 aromatic carbocycles. The van der Waals surface area contributed by atoms with E-state index in [1.165, 1.54) is 12.8 Å². The van der Waals surface area contributed by atoms with Crippen molar-refractivity contribution in [3.05, 3.63) is 42.1 Å². The summed E-state index contributed by atoms with van der Waals surface area (Å²) in [5.74, 6) is 1.84. The van der Waals surface area contributed by atoms with Crippen molar-refractivity contribution >= 4 is 55.0 Å². The van der Waals surface area contributed by atoms with Crippen LogP contribution in [-0.4, -0.2) is 62.3 Å². The number of carbonyl (C=O) groups excluding carboxylic acids is 1. The number of fused-ring (bicyclic) bond motifs is 2. The maximum absolute atomic E-state index is 13.8. The van der Waals surface area contributed by atoms with Crippen molar-refractivity contribution in [2.75, 3.05) is 20.2 Å². The summed E-state index contributed by atoms with van der Waals surface area (Å²) in [4.78, 5) is 24.5. The van der Waals surface area contributed by atoms with Gasteiger partial charge in [-0.25, -0.2) is 14.4 Å². The molecule has 8 nitrogen and oxygen atoms in total. The Hall–Kier alpha value is -2.76. The summed E-state index contributed by atoms with van der Waals surface area (Å²) >= 11 is 0. The van der Waals surface area contributed by atoms with Crippen molar-refractivity contribution in [1.82, 2.24) is 24.0 Å². The molecule has 0 unspecified atom stereocenters. The van der Waals surface area contributed by atoms with Gasteiger partial charge in [0.2, 0.25) is 0 Å². The first-order chi connectivity index (χ1) is 16.9. The fraction of sp³-hybridized carbons (Fsp3) is 0.423. The van der Waals surface area contributed by atoms with Gasteiger partial charge in [-0.3, -0.25) is 4.79 Å². The van der Waals surface area contributed by atoms with Gasteiger partial charge in [-0.1, -0.05) is 0 Å². The van der Waals surface area contributed by atoms with Gasteiger partial charge in [-0.2, -0.15) is 27.0 Å². The number of imidazole rings is 1. The number of piperidine rings is 1. The molecule has 4 aromatic rings. The Morgan fingerprint density at radius 3 is 2.70 bits per heavy atom. The first-order valence-corrected chi connectivity index (χ1v) is 12.1. The molecular formula is C26H33FN6O2S2. The molecule has 2 atom stereocenters. The summed E-state index contributed by atoms with van der Waals surface area (Å²) in [6.07, 6.45) is 3.46. The SMILES string of the molecule is COc1cc(C(=O)N2CC[C@H](F)[C@@H](N)C2)cc2nc(-c3cc4cccnc4n3CC3CC3)n(C)c12.S.S. The first kappa shape index (κ1) is 27.3. The number of benzene rings is 1. The van der Waals surface area contributed by atoms with Crippen LogP contribution in [0.1, 0.15) is 29.6 Å². The molecule has 1 aliphatic heterocycles. The number of amides is 1. The van der Waals surface area contributed by atoms with Gasteiger partial charge in [0.1, 0.15) is 23.1 Å². The summed E-state index contributed by atoms with van der Waals surface area (Å²) < 4.78 is 23.8. The van der Waals surface area contributed by atoms with E-state index in [2.05, 4.69) is 21.7 Å². The minimum Gasteiger partial charge on any atom is -0.494 e. The van der Waals surface area contributed by atoms with Crippen LogP contribution in [0.4, 0.5) is 4.39 Å². The van der Waals surface area contributed by atoms with Crippen molar-refractivity contribution < 1.29 is 13.9 Å². The Morgan fingerprint density at radius 2 is 2.00 bits per heavy atom. The second-order valence-corrected chi connectivity index (χ2v) is 9.76. The number of nitrogens with zero attached hydrogens (tertiary/aromatic N) is 5. The summed E-state index contributed by atoms with van der Waals surface area (Å²) in [5, 5.41) is 1.07. The number of methoxy groups -OCH3 is 1. The van der Waals surface area contributed by atoms with Crippen LogP contribution in [-0.2, 0) is 13.6 Å². The Labute approximate surface area is 228 Å². The lowest BCUT2D eigenvalue weighted by atomic mass is 10.0. The summed E-state index contributed by atoms with van der Waals surface area (Å²) in [7, 11) is 3.56. The van der Waals surface area contributed by atoms with Gasteiger partial charge in [0.05, 0.1) is 24.4 Å². The molecular weight excluding hydrogens is 511 g/mol. The molecule has 0 bridgehead atoms. The molecule has 198 valence electrons. The summed E-state index contributed by atoms with van der Waals surface area (Å²) in [5.41, 5.74) is 9.79. The van der Waals surface area contributed by atoms with Crippen molar-refractivity contribution in [3.63, 3.8) is 0 Å². The van der Waals surface area contributed by atoms with Crippen LogP contribution in [0, 0.1) is 5.92 Å². The number of pyridine rings is 1. The molecule has 4 heterocycles. The van der Waals surface area contributed by atoms with E-state index < -0.39 is 12.2 Å². The molecule has 3 aromatic heterocycles. The van der Waals surface area contributed by atoms with E-state index in [-0.39, 0.29) is 45.9 Å². The predicted molar refractivity (Wildman–Crippen MR) is 153 cm³/mol. The molecule has 0 radical (unpaired) electrons. The molecule has 2 N–H and O–H groups in total. The second kappa shape index (κ2) is 10.5. The molecule has 2 aliphatic rings. The number of likely N-dealkylation sites (tertiary alicyclic amines) is 1. The smallest absolute Gasteiger partial charge is 0.254 e. The number of hydrogen-bond donors (Lipinski definition) is 1. The van der Waals surface area contributed by atoms with Crippen molar-refractivity contribution in [2.24, 2.45) is 18.7 Å². The maximum Gasteiger partial charge on any atom is 0.254 e. The first-order valence-electron chi connectivity index (χ1n) is 12.1. The van der Waals surface area contributed by atoms with Crippen LogP contribution in [0.15, 0.2) is 36.5 Å². The largest absolute Gasteiger partial charge is 0.494 e. The number of hydrogen-bond acceptors (Lipinski definition) is 5. The van der Waals surface area contributed by atoms with Crippen molar-refractivity contribution in [2.45, 2.75) is 38.0 Å². The monoisotopic (exact) mass is 544 g/mol. The zero-order valence-electron chi connectivity index (χ0n) is 20.9. The van der Waals surface area contributed by atoms with Crippen molar-refractivity contribution in [1.29, 1.82) is 0 Å². The Balaban J connectivity index is 0.00000160. The third-order valence-electron chi connectivity index (χ3n) is 7.28. The third kappa shape index (κ3) is 4.80. The number of aryl methyl sites for hydroxylation is 1. The van der Waals surface area contributed by atoms with E-state index in [1.807, 2.05) is 23.9 Å². The molecule has 6 rings (SSSR count). The average Bonchev–Trinajstić information content (AvgIpc) is 3.53. The zero-order valence-corrected chi connectivity index (χ0v) is 22.9. The molecule has 1 amide bonds. The van der Waals surface area contributed by atoms with Gasteiger partial charge in [0.15, 0.2) is 5.82 Å². The summed E-state index contributed by atoms with van der Waals surface area (Å²) in [6.45, 7) is 1.45. The van der Waals surface area contributed by atoms with E-state index >= 15 is 0 Å². The molecule has 2 fully saturated rings. The Kier molecular flexibility index (Phi) is 7.77. The highest BCUT2D eigenvalue weighted by Gasteiger charge is 2.31. The average molecular weight is 545 g/mol. The number of carbonyl (C=O) groups is 1. The lowest BCUT2D eigenvalue weighted by molar-refractivity contribution is 0.0630. The van der Waals surface area contributed by atoms with Crippen LogP contribution in [0.3, 0.4) is 0 Å². The number of rotatable bonds is 5. The molecule has 1 aliphatic carbocycles. The number of aromatic nitrogens is 4. The highest BCUT2D eigenvalue weighted by Crippen LogP contribution is 2.37. The minimum absolute atomic E-state index is 0. The second-order valence-electron chi connectivity index (χ2n) is 9.76. The van der Waals surface area contributed by atoms with E-state index in [0.717, 1.165) is 34.6 Å². The third-order valence-corrected chi connectivity index (χ3v) is 7.28. The fourth-order valence-electron chi connectivity index (χ4n) is 5.15. The van der Waals surface area contributed by atoms with E-state index in [4.69, 9.17) is 15.5 Å². The van der Waals surface area contributed by atoms with Gasteiger partial charge in [0.25, 0.3) is 5.91 Å². The molecule has 1 saturated heterocycles. The van der Waals surface area contributed by atoms with Gasteiger partial charge in [-0.15, -0.1) is 0 Å². The van der Waals surface area contributed by atoms with E-state index in [9.17, 15) is 9.18 Å². The molecule has 37 heavy (non-hydrogen) atoms. The van der Waals surface area contributed by atoms with Gasteiger partial charge >= 0.3 is 0 Å². The van der Waals surface area contributed by atoms with Crippen LogP contribution in [0.5, 0.6) is 5.75 Å². The lowest BCUT2D eigenvalue weighted by Gasteiger charge is -2.33. The molecule has 1 saturated carbocycles. The molecule has 0 spiro atoms. The van der Waals surface area contributed by atoms with Crippen LogP contribution < -0.4 is 10.5 Å². The van der Waals surface area contributed by atoms with Crippen molar-refractivity contribution in [3.8, 4) is 17.3 Å². The highest BCUT2D eigenvalue weighted by atomic mass is 32.1. The quantitative estimate of drug-likeness (QED) is 0.413. The number of nitrogens with two attached hydrogens (primary N) is 1. The van der Waals surface area contributed by atoms with Gasteiger partial charge in [-0.05, 0) is 55.5 Å². The predicted octanol–water partition coefficient (Wildman–Crippen LogP) is 3.75. The lowest BCUT2D eigenvalue weighted by Crippen LogP contribution is -2.51. The Bertz CT molecular complexity index is 1450. The minimum atomic E-state index is -1.08. The zero-order chi connectivity index (χ0) is 24.3. The fourth-order valence-corrected chi connectivity index (χ4v) is 5.15. The maximum atomic E-state index is 13.8. The van der Waals surface area contributed by atoms with E-state index in [0.29, 0.717) is 29.3 Å². The molecule has 11 heteroatoms. The van der Waals surface area contributed by atoms with Gasteiger partial charge in [0, 0.05) is 43.8 Å². The highest BCUT2D eigenvalue weighted by molar-refractivity contribution is 7.59. The van der Waals surface area contributed by atoms with Crippen LogP contribution in [0.2, 0.25) is 0 Å². The van der Waals surface area contributed by atoms with Crippen LogP contribution >= 0.6 is 27.0 Å². The summed E-state index contributed by atoms with van der Waals surface area (Å²) in [6, 6.07) is 9.02. The number of halogens is 1. The normalized spacial score (nSPS) is 19.5. The topological polar surface area (TPSA) is 91.2 Å². The number of ether oxygens (including phenoxy) is 1. The van der Waals surface area contributed by atoms with Crippen LogP contribution in [0.25, 0.3) is 33.6 Å². The van der Waals surface area contributed by atoms with E-state index in [1.54, 1.807) is 24.1 Å². The van der Waals surface area contributed by atoms with Gasteiger partial charge < -0.3 is 24.5 Å². The number of alkyl halides is 1. The standard InChI is InChI=1S/C26H29FN6O2.2H2S/c1-31-23-20(10-17(12-22(23)35-2)26(34)32-9-7-18(27)19(28)14-32)30-25(31)21-11-16-4-3-8-29-24(16)33(21)13-15-5-6-15;;/h3-4,8,10-12,15,18-19H,5-7,9,13-14,28H2,1-2H3;2*1H2/t18-,19-;;/m0../s1. The Morgan fingerprint density at radius 1 is 1.22 bits per heavy atom.